The highest BCUT2D eigenvalue weighted by atomic mass is 16.6. The summed E-state index contributed by atoms with van der Waals surface area (Å²) in [4.78, 5) is 25.7. The Balaban J connectivity index is 2.83. The number of amides is 1. The van der Waals surface area contributed by atoms with Gasteiger partial charge < -0.3 is 19.1 Å². The van der Waals surface area contributed by atoms with Crippen molar-refractivity contribution in [2.24, 2.45) is 5.92 Å². The topological polar surface area (TPSA) is 65.1 Å². The number of nitrogens with zero attached hydrogens (tertiary/aromatic N) is 1. The van der Waals surface area contributed by atoms with E-state index in [9.17, 15) is 9.59 Å². The standard InChI is InChI=1S/C15H27NO5/c1-10(13(17)20-6)12(19-5)11-8-7-9-16(11)14(18)21-15(2,3)4/h10-12H,7-9H2,1-6H3. The third-order valence-corrected chi connectivity index (χ3v) is 3.64. The van der Waals surface area contributed by atoms with E-state index in [1.807, 2.05) is 20.8 Å². The molecule has 0 aromatic carbocycles. The van der Waals surface area contributed by atoms with Crippen LogP contribution in [0, 0.1) is 5.92 Å². The molecule has 3 atom stereocenters. The van der Waals surface area contributed by atoms with Crippen LogP contribution in [-0.4, -0.2) is 55.5 Å². The van der Waals surface area contributed by atoms with E-state index in [2.05, 4.69) is 0 Å². The van der Waals surface area contributed by atoms with E-state index in [0.717, 1.165) is 12.8 Å². The van der Waals surface area contributed by atoms with Crippen molar-refractivity contribution in [3.63, 3.8) is 0 Å². The molecule has 0 saturated carbocycles. The normalized spacial score (nSPS) is 21.8. The summed E-state index contributed by atoms with van der Waals surface area (Å²) in [6, 6.07) is -0.168. The summed E-state index contributed by atoms with van der Waals surface area (Å²) >= 11 is 0. The van der Waals surface area contributed by atoms with Crippen LogP contribution in [0.4, 0.5) is 4.79 Å². The Hall–Kier alpha value is -1.30. The second-order valence-electron chi connectivity index (χ2n) is 6.40. The zero-order chi connectivity index (χ0) is 16.2. The fourth-order valence-electron chi connectivity index (χ4n) is 2.70. The summed E-state index contributed by atoms with van der Waals surface area (Å²) in [5.74, 6) is -0.772. The molecule has 21 heavy (non-hydrogen) atoms. The molecule has 1 amide bonds. The number of rotatable bonds is 4. The largest absolute Gasteiger partial charge is 0.469 e. The van der Waals surface area contributed by atoms with Gasteiger partial charge in [-0.2, -0.15) is 0 Å². The highest BCUT2D eigenvalue weighted by molar-refractivity contribution is 5.73. The average Bonchev–Trinajstić information content (AvgIpc) is 2.85. The summed E-state index contributed by atoms with van der Waals surface area (Å²) in [5.41, 5.74) is -0.541. The number of methoxy groups -OCH3 is 2. The van der Waals surface area contributed by atoms with Crippen molar-refractivity contribution in [1.29, 1.82) is 0 Å². The van der Waals surface area contributed by atoms with Crippen molar-refractivity contribution in [2.45, 2.75) is 58.3 Å². The first kappa shape index (κ1) is 17.8. The molecule has 0 spiro atoms. The molecule has 0 N–H and O–H groups in total. The minimum atomic E-state index is -0.541. The summed E-state index contributed by atoms with van der Waals surface area (Å²) < 4.78 is 15.7. The van der Waals surface area contributed by atoms with Gasteiger partial charge in [-0.3, -0.25) is 4.79 Å². The second kappa shape index (κ2) is 7.11. The monoisotopic (exact) mass is 301 g/mol. The molecule has 1 saturated heterocycles. The van der Waals surface area contributed by atoms with E-state index < -0.39 is 17.6 Å². The minimum absolute atomic E-state index is 0.168. The van der Waals surface area contributed by atoms with Gasteiger partial charge in [-0.1, -0.05) is 0 Å². The lowest BCUT2D eigenvalue weighted by molar-refractivity contribution is -0.151. The molecule has 1 fully saturated rings. The zero-order valence-corrected chi connectivity index (χ0v) is 13.8. The molecular formula is C15H27NO5. The minimum Gasteiger partial charge on any atom is -0.469 e. The third-order valence-electron chi connectivity index (χ3n) is 3.64. The molecule has 3 unspecified atom stereocenters. The van der Waals surface area contributed by atoms with E-state index in [1.54, 1.807) is 18.9 Å². The van der Waals surface area contributed by atoms with Gasteiger partial charge in [0.15, 0.2) is 0 Å². The smallest absolute Gasteiger partial charge is 0.410 e. The molecule has 0 bridgehead atoms. The van der Waals surface area contributed by atoms with Crippen LogP contribution in [0.3, 0.4) is 0 Å². The van der Waals surface area contributed by atoms with Crippen molar-refractivity contribution in [3.8, 4) is 0 Å². The lowest BCUT2D eigenvalue weighted by Crippen LogP contribution is -2.49. The van der Waals surface area contributed by atoms with Crippen LogP contribution in [0.15, 0.2) is 0 Å². The van der Waals surface area contributed by atoms with E-state index in [0.29, 0.717) is 6.54 Å². The molecule has 6 nitrogen and oxygen atoms in total. The molecule has 122 valence electrons. The maximum Gasteiger partial charge on any atom is 0.410 e. The van der Waals surface area contributed by atoms with E-state index >= 15 is 0 Å². The highest BCUT2D eigenvalue weighted by Crippen LogP contribution is 2.28. The van der Waals surface area contributed by atoms with Gasteiger partial charge in [-0.05, 0) is 40.5 Å². The number of likely N-dealkylation sites (tertiary alicyclic amines) is 1. The summed E-state index contributed by atoms with van der Waals surface area (Å²) in [7, 11) is 2.90. The molecule has 0 radical (unpaired) electrons. The molecule has 1 rings (SSSR count). The van der Waals surface area contributed by atoms with Crippen LogP contribution >= 0.6 is 0 Å². The fraction of sp³-hybridized carbons (Fsp3) is 0.867. The first-order valence-corrected chi connectivity index (χ1v) is 7.31. The van der Waals surface area contributed by atoms with Crippen molar-refractivity contribution < 1.29 is 23.8 Å². The van der Waals surface area contributed by atoms with Crippen molar-refractivity contribution in [3.05, 3.63) is 0 Å². The van der Waals surface area contributed by atoms with Gasteiger partial charge in [0.1, 0.15) is 5.60 Å². The van der Waals surface area contributed by atoms with Crippen LogP contribution in [0.5, 0.6) is 0 Å². The number of esters is 1. The number of hydrogen-bond donors (Lipinski definition) is 0. The Kier molecular flexibility index (Phi) is 6.01. The van der Waals surface area contributed by atoms with E-state index in [1.165, 1.54) is 7.11 Å². The lowest BCUT2D eigenvalue weighted by Gasteiger charge is -2.34. The van der Waals surface area contributed by atoms with Gasteiger partial charge >= 0.3 is 12.1 Å². The molecule has 1 heterocycles. The van der Waals surface area contributed by atoms with Crippen molar-refractivity contribution in [2.75, 3.05) is 20.8 Å². The van der Waals surface area contributed by atoms with Crippen molar-refractivity contribution >= 4 is 12.1 Å². The summed E-state index contributed by atoms with van der Waals surface area (Å²) in [5, 5.41) is 0. The van der Waals surface area contributed by atoms with Crippen LogP contribution in [0.2, 0.25) is 0 Å². The van der Waals surface area contributed by atoms with Crippen LogP contribution < -0.4 is 0 Å². The first-order valence-electron chi connectivity index (χ1n) is 7.31. The molecular weight excluding hydrogens is 274 g/mol. The van der Waals surface area contributed by atoms with Crippen LogP contribution in [-0.2, 0) is 19.0 Å². The first-order chi connectivity index (χ1) is 9.71. The maximum atomic E-state index is 12.3. The zero-order valence-electron chi connectivity index (χ0n) is 13.8. The second-order valence-corrected chi connectivity index (χ2v) is 6.40. The van der Waals surface area contributed by atoms with Crippen LogP contribution in [0.25, 0.3) is 0 Å². The molecule has 0 aromatic heterocycles. The van der Waals surface area contributed by atoms with E-state index in [4.69, 9.17) is 14.2 Å². The number of ether oxygens (including phenoxy) is 3. The van der Waals surface area contributed by atoms with Gasteiger partial charge in [0.2, 0.25) is 0 Å². The Morgan fingerprint density at radius 1 is 1.24 bits per heavy atom. The van der Waals surface area contributed by atoms with Gasteiger partial charge in [0.25, 0.3) is 0 Å². The Bertz CT molecular complexity index is 377. The van der Waals surface area contributed by atoms with E-state index in [-0.39, 0.29) is 18.1 Å². The van der Waals surface area contributed by atoms with Crippen LogP contribution in [0.1, 0.15) is 40.5 Å². The molecule has 0 aliphatic carbocycles. The lowest BCUT2D eigenvalue weighted by atomic mass is 9.96. The van der Waals surface area contributed by atoms with Crippen molar-refractivity contribution in [1.82, 2.24) is 4.90 Å². The highest BCUT2D eigenvalue weighted by Gasteiger charge is 2.41. The fourth-order valence-corrected chi connectivity index (χ4v) is 2.70. The quantitative estimate of drug-likeness (QED) is 0.745. The Labute approximate surface area is 126 Å². The Morgan fingerprint density at radius 2 is 1.86 bits per heavy atom. The van der Waals surface area contributed by atoms with Gasteiger partial charge in [-0.15, -0.1) is 0 Å². The molecule has 0 aromatic rings. The summed E-state index contributed by atoms with van der Waals surface area (Å²) in [6.45, 7) is 7.88. The maximum absolute atomic E-state index is 12.3. The molecule has 1 aliphatic heterocycles. The number of carbonyl (C=O) groups is 2. The average molecular weight is 301 g/mol. The number of hydrogen-bond acceptors (Lipinski definition) is 5. The molecule has 6 heteroatoms. The molecule has 1 aliphatic rings. The van der Waals surface area contributed by atoms with Gasteiger partial charge in [-0.25, -0.2) is 4.79 Å². The van der Waals surface area contributed by atoms with Gasteiger partial charge in [0, 0.05) is 13.7 Å². The third kappa shape index (κ3) is 4.59. The predicted octanol–water partition coefficient (Wildman–Crippen LogP) is 2.21. The SMILES string of the molecule is COC(=O)C(C)C(OC)C1CCCN1C(=O)OC(C)(C)C. The number of carbonyl (C=O) groups excluding carboxylic acids is 2. The predicted molar refractivity (Wildman–Crippen MR) is 77.9 cm³/mol. The Morgan fingerprint density at radius 3 is 2.33 bits per heavy atom. The van der Waals surface area contributed by atoms with Gasteiger partial charge in [0.05, 0.1) is 25.2 Å². The summed E-state index contributed by atoms with van der Waals surface area (Å²) in [6.07, 6.45) is 0.910.